The molecule has 4 aliphatic rings. The molecule has 14 heteroatoms. The van der Waals surface area contributed by atoms with Crippen molar-refractivity contribution in [2.75, 3.05) is 82.9 Å². The van der Waals surface area contributed by atoms with Gasteiger partial charge in [0.25, 0.3) is 0 Å². The summed E-state index contributed by atoms with van der Waals surface area (Å²) in [6.45, 7) is 10.5. The summed E-state index contributed by atoms with van der Waals surface area (Å²) in [6.07, 6.45) is 3.74. The Kier molecular flexibility index (Phi) is 9.70. The lowest BCUT2D eigenvalue weighted by Crippen LogP contribution is -2.61. The number of nitrogens with one attached hydrogen (secondary N) is 1. The van der Waals surface area contributed by atoms with E-state index in [0.717, 1.165) is 96.7 Å². The lowest BCUT2D eigenvalue weighted by Gasteiger charge is -2.54. The molecule has 0 unspecified atom stereocenters. The van der Waals surface area contributed by atoms with Gasteiger partial charge in [0.1, 0.15) is 24.0 Å². The molecule has 8 rings (SSSR count). The van der Waals surface area contributed by atoms with Crippen molar-refractivity contribution in [3.05, 3.63) is 48.2 Å². The van der Waals surface area contributed by atoms with Crippen molar-refractivity contribution in [1.82, 2.24) is 30.0 Å². The number of amides is 1. The van der Waals surface area contributed by atoms with E-state index < -0.39 is 12.7 Å². The van der Waals surface area contributed by atoms with E-state index in [4.69, 9.17) is 19.4 Å². The number of benzene rings is 2. The first kappa shape index (κ1) is 36.5. The van der Waals surface area contributed by atoms with Crippen molar-refractivity contribution in [2.45, 2.75) is 63.6 Å². The van der Waals surface area contributed by atoms with Crippen molar-refractivity contribution in [3.8, 4) is 17.1 Å². The van der Waals surface area contributed by atoms with Gasteiger partial charge in [-0.15, -0.1) is 0 Å². The van der Waals surface area contributed by atoms with E-state index in [9.17, 15) is 18.0 Å². The van der Waals surface area contributed by atoms with Gasteiger partial charge in [0.15, 0.2) is 0 Å². The van der Waals surface area contributed by atoms with Crippen LogP contribution < -0.4 is 14.5 Å². The standard InChI is InChI=1S/C40H49F3N8O3/c1-5-32(52)51-22-39(23-51)12-16-50(17-13-39)37-29-20-28(26-7-8-26)34(33-25(2)6-9-31-30(33)21-44-47-31)36(48(3)24-40(41,42)43)35(29)45-38(46-37)54-27-10-14-49(15-11-27)18-19-53-4/h5-6,9,20-21,26-27H,1,7-8,10-19,22-24H2,2-4H3,(H,44,47). The number of piperidine rings is 2. The van der Waals surface area contributed by atoms with Gasteiger partial charge in [0.05, 0.1) is 24.0 Å². The fourth-order valence-electron chi connectivity index (χ4n) is 8.86. The van der Waals surface area contributed by atoms with Gasteiger partial charge >= 0.3 is 12.2 Å². The second-order valence-corrected chi connectivity index (χ2v) is 15.8. The van der Waals surface area contributed by atoms with Crippen LogP contribution in [0.25, 0.3) is 32.9 Å². The number of nitrogens with zero attached hydrogens (tertiary/aromatic N) is 7. The summed E-state index contributed by atoms with van der Waals surface area (Å²) in [6, 6.07) is 6.29. The number of rotatable bonds is 11. The van der Waals surface area contributed by atoms with Gasteiger partial charge < -0.3 is 29.1 Å². The number of aryl methyl sites for hydroxylation is 1. The minimum Gasteiger partial charge on any atom is -0.460 e. The number of H-pyrrole nitrogens is 1. The van der Waals surface area contributed by atoms with Gasteiger partial charge in [-0.05, 0) is 86.3 Å². The smallest absolute Gasteiger partial charge is 0.405 e. The van der Waals surface area contributed by atoms with E-state index in [1.54, 1.807) is 13.3 Å². The van der Waals surface area contributed by atoms with Gasteiger partial charge in [-0.2, -0.15) is 28.2 Å². The van der Waals surface area contributed by atoms with Crippen LogP contribution in [-0.4, -0.2) is 121 Å². The lowest BCUT2D eigenvalue weighted by atomic mass is 9.72. The summed E-state index contributed by atoms with van der Waals surface area (Å²) >= 11 is 0. The highest BCUT2D eigenvalue weighted by atomic mass is 19.4. The lowest BCUT2D eigenvalue weighted by molar-refractivity contribution is -0.139. The van der Waals surface area contributed by atoms with Crippen LogP contribution in [0.2, 0.25) is 0 Å². The van der Waals surface area contributed by atoms with Crippen LogP contribution in [-0.2, 0) is 9.53 Å². The molecule has 11 nitrogen and oxygen atoms in total. The molecular weight excluding hydrogens is 697 g/mol. The minimum atomic E-state index is -4.46. The maximum absolute atomic E-state index is 14.4. The molecule has 4 fully saturated rings. The molecule has 5 heterocycles. The van der Waals surface area contributed by atoms with Crippen LogP contribution in [0.4, 0.5) is 24.7 Å². The number of alkyl halides is 3. The molecule has 4 aromatic rings. The fraction of sp³-hybridized carbons (Fsp3) is 0.550. The normalized spacial score (nSPS) is 19.4. The van der Waals surface area contributed by atoms with Crippen molar-refractivity contribution < 1.29 is 27.4 Å². The summed E-state index contributed by atoms with van der Waals surface area (Å²) in [5.41, 5.74) is 5.32. The topological polar surface area (TPSA) is 103 Å². The Hall–Kier alpha value is -4.43. The maximum atomic E-state index is 14.4. The van der Waals surface area contributed by atoms with E-state index in [1.807, 2.05) is 24.0 Å². The quantitative estimate of drug-likeness (QED) is 0.173. The number of aromatic amines is 1. The number of anilines is 2. The highest BCUT2D eigenvalue weighted by Gasteiger charge is 2.47. The third-order valence-electron chi connectivity index (χ3n) is 11.9. The van der Waals surface area contributed by atoms with Crippen LogP contribution in [0.1, 0.15) is 55.6 Å². The summed E-state index contributed by atoms with van der Waals surface area (Å²) in [5, 5.41) is 8.98. The number of methoxy groups -OCH3 is 1. The predicted molar refractivity (Wildman–Crippen MR) is 203 cm³/mol. The molecule has 1 N–H and O–H groups in total. The molecule has 2 aromatic carbocycles. The van der Waals surface area contributed by atoms with Crippen LogP contribution in [0, 0.1) is 12.3 Å². The summed E-state index contributed by atoms with van der Waals surface area (Å²) < 4.78 is 55.1. The van der Waals surface area contributed by atoms with E-state index in [0.29, 0.717) is 49.8 Å². The SMILES string of the molecule is C=CC(=O)N1CC2(CCN(c3nc(OC4CCN(CCOC)CC4)nc4c(N(C)CC(F)(F)F)c(-c5c(C)ccc6[nH]ncc56)c(C5CC5)cc34)CC2)C1. The molecule has 0 atom stereocenters. The Morgan fingerprint density at radius 1 is 1.07 bits per heavy atom. The highest BCUT2D eigenvalue weighted by molar-refractivity contribution is 6.10. The van der Waals surface area contributed by atoms with Gasteiger partial charge in [-0.1, -0.05) is 12.6 Å². The van der Waals surface area contributed by atoms with E-state index >= 15 is 0 Å². The molecule has 0 bridgehead atoms. The van der Waals surface area contributed by atoms with Crippen LogP contribution in [0.3, 0.4) is 0 Å². The second kappa shape index (κ2) is 14.3. The first-order valence-corrected chi connectivity index (χ1v) is 19.1. The van der Waals surface area contributed by atoms with Crippen LogP contribution >= 0.6 is 0 Å². The average molecular weight is 747 g/mol. The Labute approximate surface area is 313 Å². The number of halogens is 3. The van der Waals surface area contributed by atoms with E-state index in [-0.39, 0.29) is 29.4 Å². The van der Waals surface area contributed by atoms with Gasteiger partial charge in [0, 0.05) is 81.7 Å². The van der Waals surface area contributed by atoms with Crippen LogP contribution in [0.5, 0.6) is 6.01 Å². The summed E-state index contributed by atoms with van der Waals surface area (Å²) in [4.78, 5) is 30.2. The molecule has 3 aliphatic heterocycles. The Morgan fingerprint density at radius 3 is 2.48 bits per heavy atom. The zero-order valence-electron chi connectivity index (χ0n) is 31.3. The number of likely N-dealkylation sites (tertiary alicyclic amines) is 2. The third kappa shape index (κ3) is 7.10. The number of fused-ring (bicyclic) bond motifs is 2. The number of hydrogen-bond donors (Lipinski definition) is 1. The highest BCUT2D eigenvalue weighted by Crippen LogP contribution is 2.53. The average Bonchev–Trinajstić information content (AvgIpc) is 3.88. The molecule has 1 saturated carbocycles. The largest absolute Gasteiger partial charge is 0.460 e. The Bertz CT molecular complexity index is 2040. The molecule has 3 saturated heterocycles. The van der Waals surface area contributed by atoms with E-state index in [2.05, 4.69) is 32.6 Å². The fourth-order valence-corrected chi connectivity index (χ4v) is 8.86. The van der Waals surface area contributed by atoms with Crippen molar-refractivity contribution in [3.63, 3.8) is 0 Å². The summed E-state index contributed by atoms with van der Waals surface area (Å²) in [5.74, 6) is 0.842. The molecule has 1 spiro atoms. The zero-order valence-corrected chi connectivity index (χ0v) is 31.3. The Morgan fingerprint density at radius 2 is 1.81 bits per heavy atom. The van der Waals surface area contributed by atoms with Gasteiger partial charge in [-0.3, -0.25) is 9.89 Å². The van der Waals surface area contributed by atoms with Crippen molar-refractivity contribution in [2.24, 2.45) is 5.41 Å². The first-order chi connectivity index (χ1) is 26.0. The Balaban J connectivity index is 1.27. The molecule has 0 radical (unpaired) electrons. The summed E-state index contributed by atoms with van der Waals surface area (Å²) in [7, 11) is 3.22. The van der Waals surface area contributed by atoms with Crippen molar-refractivity contribution in [1.29, 1.82) is 0 Å². The molecule has 1 amide bonds. The van der Waals surface area contributed by atoms with Crippen molar-refractivity contribution >= 4 is 39.2 Å². The number of carbonyl (C=O) groups excluding carboxylic acids is 1. The van der Waals surface area contributed by atoms with Gasteiger partial charge in [-0.25, -0.2) is 0 Å². The number of carbonyl (C=O) groups is 1. The zero-order chi connectivity index (χ0) is 37.8. The minimum absolute atomic E-state index is 0.0410. The monoisotopic (exact) mass is 746 g/mol. The first-order valence-electron chi connectivity index (χ1n) is 19.1. The predicted octanol–water partition coefficient (Wildman–Crippen LogP) is 6.46. The van der Waals surface area contributed by atoms with E-state index in [1.165, 1.54) is 18.0 Å². The van der Waals surface area contributed by atoms with Crippen LogP contribution in [0.15, 0.2) is 37.1 Å². The maximum Gasteiger partial charge on any atom is 0.405 e. The number of ether oxygens (including phenoxy) is 2. The molecule has 2 aromatic heterocycles. The number of hydrogen-bond acceptors (Lipinski definition) is 9. The van der Waals surface area contributed by atoms with Gasteiger partial charge in [0.2, 0.25) is 5.91 Å². The number of aromatic nitrogens is 4. The molecule has 288 valence electrons. The third-order valence-corrected chi connectivity index (χ3v) is 11.9. The molecule has 1 aliphatic carbocycles. The molecule has 54 heavy (non-hydrogen) atoms. The molecular formula is C40H49F3N8O3. The second-order valence-electron chi connectivity index (χ2n) is 15.8.